The molecule has 0 atom stereocenters. The summed E-state index contributed by atoms with van der Waals surface area (Å²) in [6.07, 6.45) is 4.43. The van der Waals surface area contributed by atoms with Crippen molar-refractivity contribution < 1.29 is 4.74 Å². The van der Waals surface area contributed by atoms with E-state index in [1.807, 2.05) is 13.1 Å². The number of nitrogens with one attached hydrogen (secondary N) is 2. The molecule has 2 N–H and O–H groups in total. The molecule has 0 amide bonds. The van der Waals surface area contributed by atoms with Crippen LogP contribution in [0.15, 0.2) is 6.07 Å². The molecule has 0 radical (unpaired) electrons. The van der Waals surface area contributed by atoms with E-state index in [4.69, 9.17) is 4.74 Å². The maximum Gasteiger partial charge on any atom is 0.133 e. The number of ether oxygens (including phenoxy) is 1. The van der Waals surface area contributed by atoms with Crippen LogP contribution in [0, 0.1) is 0 Å². The molecule has 0 aliphatic heterocycles. The number of unbranched alkanes of at least 4 members (excludes halogenated alkanes) is 1. The molecule has 0 bridgehead atoms. The van der Waals surface area contributed by atoms with Crippen LogP contribution < -0.4 is 10.6 Å². The SMILES string of the molecule is CCCc1nc(NC)cc(NCCCCOC(C)C)n1. The Bertz CT molecular complexity index is 382. The van der Waals surface area contributed by atoms with Gasteiger partial charge in [-0.2, -0.15) is 0 Å². The van der Waals surface area contributed by atoms with Crippen molar-refractivity contribution in [2.75, 3.05) is 30.8 Å². The monoisotopic (exact) mass is 280 g/mol. The fraction of sp³-hybridized carbons (Fsp3) is 0.733. The number of aryl methyl sites for hydroxylation is 1. The van der Waals surface area contributed by atoms with E-state index < -0.39 is 0 Å². The standard InChI is InChI=1S/C15H28N4O/c1-5-8-13-18-14(16-4)11-15(19-13)17-9-6-7-10-20-12(2)3/h11-12H,5-10H2,1-4H3,(H2,16,17,18,19). The first kappa shape index (κ1) is 16.7. The van der Waals surface area contributed by atoms with Gasteiger partial charge in [0.2, 0.25) is 0 Å². The minimum atomic E-state index is 0.319. The van der Waals surface area contributed by atoms with Crippen molar-refractivity contribution >= 4 is 11.6 Å². The van der Waals surface area contributed by atoms with Gasteiger partial charge in [0.25, 0.3) is 0 Å². The van der Waals surface area contributed by atoms with Gasteiger partial charge in [-0.3, -0.25) is 0 Å². The topological polar surface area (TPSA) is 59.1 Å². The summed E-state index contributed by atoms with van der Waals surface area (Å²) < 4.78 is 5.52. The summed E-state index contributed by atoms with van der Waals surface area (Å²) in [6, 6.07) is 1.95. The molecule has 1 rings (SSSR count). The van der Waals surface area contributed by atoms with Crippen molar-refractivity contribution in [3.05, 3.63) is 11.9 Å². The molecule has 0 saturated heterocycles. The van der Waals surface area contributed by atoms with Crippen molar-refractivity contribution in [2.45, 2.75) is 52.6 Å². The molecule has 1 heterocycles. The zero-order chi connectivity index (χ0) is 14.8. The van der Waals surface area contributed by atoms with E-state index >= 15 is 0 Å². The van der Waals surface area contributed by atoms with Crippen molar-refractivity contribution in [3.63, 3.8) is 0 Å². The Labute approximate surface area is 122 Å². The lowest BCUT2D eigenvalue weighted by Crippen LogP contribution is -2.09. The molecule has 0 fully saturated rings. The highest BCUT2D eigenvalue weighted by molar-refractivity contribution is 5.47. The fourth-order valence-electron chi connectivity index (χ4n) is 1.81. The molecule has 5 nitrogen and oxygen atoms in total. The normalized spacial score (nSPS) is 10.8. The maximum atomic E-state index is 5.52. The van der Waals surface area contributed by atoms with Gasteiger partial charge in [-0.1, -0.05) is 6.92 Å². The summed E-state index contributed by atoms with van der Waals surface area (Å²) >= 11 is 0. The fourth-order valence-corrected chi connectivity index (χ4v) is 1.81. The second kappa shape index (κ2) is 9.53. The second-order valence-electron chi connectivity index (χ2n) is 5.11. The molecular weight excluding hydrogens is 252 g/mol. The van der Waals surface area contributed by atoms with Gasteiger partial charge in [-0.15, -0.1) is 0 Å². The smallest absolute Gasteiger partial charge is 0.133 e. The first-order chi connectivity index (χ1) is 9.65. The van der Waals surface area contributed by atoms with Gasteiger partial charge >= 0.3 is 0 Å². The molecule has 1 aromatic heterocycles. The van der Waals surface area contributed by atoms with Crippen molar-refractivity contribution in [1.82, 2.24) is 9.97 Å². The van der Waals surface area contributed by atoms with E-state index in [0.29, 0.717) is 6.10 Å². The Balaban J connectivity index is 2.36. The number of aromatic nitrogens is 2. The summed E-state index contributed by atoms with van der Waals surface area (Å²) in [5.41, 5.74) is 0. The predicted molar refractivity (Wildman–Crippen MR) is 84.4 cm³/mol. The summed E-state index contributed by atoms with van der Waals surface area (Å²) in [4.78, 5) is 8.96. The van der Waals surface area contributed by atoms with Gasteiger partial charge in [0, 0.05) is 32.7 Å². The van der Waals surface area contributed by atoms with Gasteiger partial charge in [0.05, 0.1) is 6.10 Å². The summed E-state index contributed by atoms with van der Waals surface area (Å²) in [7, 11) is 1.88. The molecule has 0 saturated carbocycles. The van der Waals surface area contributed by atoms with E-state index in [9.17, 15) is 0 Å². The van der Waals surface area contributed by atoms with Crippen LogP contribution in [-0.2, 0) is 11.2 Å². The Hall–Kier alpha value is -1.36. The summed E-state index contributed by atoms with van der Waals surface area (Å²) in [5, 5.41) is 6.44. The summed E-state index contributed by atoms with van der Waals surface area (Å²) in [6.45, 7) is 8.00. The lowest BCUT2D eigenvalue weighted by molar-refractivity contribution is 0.0765. The molecule has 20 heavy (non-hydrogen) atoms. The van der Waals surface area contributed by atoms with Gasteiger partial charge in [0.15, 0.2) is 0 Å². The van der Waals surface area contributed by atoms with E-state index in [-0.39, 0.29) is 0 Å². The molecule has 0 aliphatic rings. The Kier molecular flexibility index (Phi) is 7.95. The number of nitrogens with zero attached hydrogens (tertiary/aromatic N) is 2. The molecule has 0 unspecified atom stereocenters. The van der Waals surface area contributed by atoms with E-state index in [1.54, 1.807) is 0 Å². The number of hydrogen-bond acceptors (Lipinski definition) is 5. The maximum absolute atomic E-state index is 5.52. The number of anilines is 2. The van der Waals surface area contributed by atoms with Crippen molar-refractivity contribution in [1.29, 1.82) is 0 Å². The zero-order valence-corrected chi connectivity index (χ0v) is 13.2. The Morgan fingerprint density at radius 2 is 1.95 bits per heavy atom. The molecule has 1 aromatic rings. The van der Waals surface area contributed by atoms with Gasteiger partial charge in [-0.25, -0.2) is 9.97 Å². The van der Waals surface area contributed by atoms with E-state index in [2.05, 4.69) is 41.4 Å². The third kappa shape index (κ3) is 6.70. The molecule has 0 aliphatic carbocycles. The first-order valence-corrected chi connectivity index (χ1v) is 7.57. The Morgan fingerprint density at radius 3 is 2.60 bits per heavy atom. The Morgan fingerprint density at radius 1 is 1.20 bits per heavy atom. The molecule has 5 heteroatoms. The lowest BCUT2D eigenvalue weighted by atomic mass is 10.3. The number of hydrogen-bond donors (Lipinski definition) is 2. The van der Waals surface area contributed by atoms with Crippen molar-refractivity contribution in [2.24, 2.45) is 0 Å². The van der Waals surface area contributed by atoms with Crippen LogP contribution in [0.4, 0.5) is 11.6 Å². The van der Waals surface area contributed by atoms with Crippen LogP contribution in [0.1, 0.15) is 45.9 Å². The van der Waals surface area contributed by atoms with Crippen LogP contribution in [0.3, 0.4) is 0 Å². The number of rotatable bonds is 10. The molecular formula is C15H28N4O. The molecule has 0 spiro atoms. The first-order valence-electron chi connectivity index (χ1n) is 7.57. The average molecular weight is 280 g/mol. The molecule has 0 aromatic carbocycles. The van der Waals surface area contributed by atoms with Crippen molar-refractivity contribution in [3.8, 4) is 0 Å². The van der Waals surface area contributed by atoms with Gasteiger partial charge < -0.3 is 15.4 Å². The largest absolute Gasteiger partial charge is 0.379 e. The zero-order valence-electron chi connectivity index (χ0n) is 13.2. The minimum absolute atomic E-state index is 0.319. The molecule has 114 valence electrons. The highest BCUT2D eigenvalue weighted by Crippen LogP contribution is 2.12. The highest BCUT2D eigenvalue weighted by atomic mass is 16.5. The van der Waals surface area contributed by atoms with Crippen LogP contribution in [0.2, 0.25) is 0 Å². The second-order valence-corrected chi connectivity index (χ2v) is 5.11. The highest BCUT2D eigenvalue weighted by Gasteiger charge is 2.03. The van der Waals surface area contributed by atoms with Crippen LogP contribution in [0.5, 0.6) is 0 Å². The van der Waals surface area contributed by atoms with Crippen LogP contribution in [0.25, 0.3) is 0 Å². The van der Waals surface area contributed by atoms with E-state index in [1.165, 1.54) is 0 Å². The average Bonchev–Trinajstić information content (AvgIpc) is 2.42. The lowest BCUT2D eigenvalue weighted by Gasteiger charge is -2.10. The predicted octanol–water partition coefficient (Wildman–Crippen LogP) is 3.09. The van der Waals surface area contributed by atoms with E-state index in [0.717, 1.165) is 56.3 Å². The van der Waals surface area contributed by atoms with Gasteiger partial charge in [0.1, 0.15) is 17.5 Å². The van der Waals surface area contributed by atoms with Crippen LogP contribution in [-0.4, -0.2) is 36.3 Å². The van der Waals surface area contributed by atoms with Crippen LogP contribution >= 0.6 is 0 Å². The minimum Gasteiger partial charge on any atom is -0.379 e. The summed E-state index contributed by atoms with van der Waals surface area (Å²) in [5.74, 6) is 2.66. The quantitative estimate of drug-likeness (QED) is 0.645. The van der Waals surface area contributed by atoms with Gasteiger partial charge in [-0.05, 0) is 33.1 Å². The third-order valence-corrected chi connectivity index (χ3v) is 2.83. The third-order valence-electron chi connectivity index (χ3n) is 2.83.